The number of nitrogens with one attached hydrogen (secondary N) is 1. The predicted molar refractivity (Wildman–Crippen MR) is 105 cm³/mol. The van der Waals surface area contributed by atoms with Crippen LogP contribution in [0.3, 0.4) is 0 Å². The van der Waals surface area contributed by atoms with Gasteiger partial charge in [0.1, 0.15) is 5.82 Å². The van der Waals surface area contributed by atoms with Crippen molar-refractivity contribution >= 4 is 45.0 Å². The van der Waals surface area contributed by atoms with Crippen molar-refractivity contribution in [3.05, 3.63) is 71.5 Å². The number of anilines is 1. The van der Waals surface area contributed by atoms with Crippen LogP contribution in [0.25, 0.3) is 21.8 Å². The number of rotatable bonds is 2. The fourth-order valence-corrected chi connectivity index (χ4v) is 3.80. The van der Waals surface area contributed by atoms with E-state index in [9.17, 15) is 4.79 Å². The molecule has 2 heterocycles. The molecule has 4 nitrogen and oxygen atoms in total. The summed E-state index contributed by atoms with van der Waals surface area (Å²) in [7, 11) is 0. The number of hydrogen-bond donors (Lipinski definition) is 1. The number of hydrogen-bond acceptors (Lipinski definition) is 2. The van der Waals surface area contributed by atoms with Crippen molar-refractivity contribution in [1.82, 2.24) is 9.97 Å². The Labute approximate surface area is 155 Å². The molecule has 0 aliphatic carbocycles. The van der Waals surface area contributed by atoms with Gasteiger partial charge in [0.15, 0.2) is 0 Å². The topological polar surface area (TPSA) is 49.0 Å². The summed E-state index contributed by atoms with van der Waals surface area (Å²) in [4.78, 5) is 22.5. The molecule has 1 atom stereocenters. The number of H-pyrrole nitrogens is 1. The molecule has 128 valence electrons. The molecule has 5 rings (SSSR count). The molecule has 0 bridgehead atoms. The van der Waals surface area contributed by atoms with E-state index in [1.165, 1.54) is 10.8 Å². The van der Waals surface area contributed by atoms with Gasteiger partial charge in [-0.3, -0.25) is 4.79 Å². The monoisotopic (exact) mass is 361 g/mol. The first-order valence-electron chi connectivity index (χ1n) is 8.62. The number of amides is 1. The first-order chi connectivity index (χ1) is 12.7. The number of imidazole rings is 1. The number of aromatic amines is 1. The predicted octanol–water partition coefficient (Wildman–Crippen LogP) is 4.89. The summed E-state index contributed by atoms with van der Waals surface area (Å²) >= 11 is 5.95. The Morgan fingerprint density at radius 2 is 1.77 bits per heavy atom. The maximum absolute atomic E-state index is 12.5. The highest BCUT2D eigenvalue weighted by Crippen LogP contribution is 2.32. The lowest BCUT2D eigenvalue weighted by Crippen LogP contribution is -2.24. The number of aromatic nitrogens is 2. The van der Waals surface area contributed by atoms with Crippen molar-refractivity contribution in [2.24, 2.45) is 0 Å². The van der Waals surface area contributed by atoms with Gasteiger partial charge in [0.2, 0.25) is 5.91 Å². The summed E-state index contributed by atoms with van der Waals surface area (Å²) in [6.07, 6.45) is 0.460. The number of benzene rings is 3. The number of carbonyl (C=O) groups is 1. The molecule has 1 saturated heterocycles. The average Bonchev–Trinajstić information content (AvgIpc) is 3.23. The standard InChI is InChI=1S/C21H16ClN3O/c22-16-5-7-17(8-6-16)25-12-15(11-20(25)26)21-23-18-9-13-3-1-2-4-14(13)10-19(18)24-21/h1-10,15H,11-12H2,(H,23,24)/t15-/m1/s1. The van der Waals surface area contributed by atoms with E-state index >= 15 is 0 Å². The van der Waals surface area contributed by atoms with Crippen molar-refractivity contribution in [1.29, 1.82) is 0 Å². The number of halogens is 1. The largest absolute Gasteiger partial charge is 0.342 e. The normalized spacial score (nSPS) is 17.5. The zero-order chi connectivity index (χ0) is 17.7. The van der Waals surface area contributed by atoms with E-state index in [0.717, 1.165) is 22.5 Å². The van der Waals surface area contributed by atoms with Crippen LogP contribution in [-0.2, 0) is 4.79 Å². The smallest absolute Gasteiger partial charge is 0.227 e. The third kappa shape index (κ3) is 2.54. The molecule has 4 aromatic rings. The van der Waals surface area contributed by atoms with Crippen LogP contribution in [0.15, 0.2) is 60.7 Å². The second-order valence-corrected chi connectivity index (χ2v) is 7.16. The van der Waals surface area contributed by atoms with Gasteiger partial charge in [-0.15, -0.1) is 0 Å². The van der Waals surface area contributed by atoms with Gasteiger partial charge in [-0.2, -0.15) is 0 Å². The van der Waals surface area contributed by atoms with E-state index in [1.807, 2.05) is 41.3 Å². The van der Waals surface area contributed by atoms with E-state index in [1.54, 1.807) is 0 Å². The molecule has 1 aliphatic rings. The zero-order valence-electron chi connectivity index (χ0n) is 13.9. The van der Waals surface area contributed by atoms with Crippen molar-refractivity contribution in [2.75, 3.05) is 11.4 Å². The first kappa shape index (κ1) is 15.4. The van der Waals surface area contributed by atoms with Crippen LogP contribution < -0.4 is 4.90 Å². The number of nitrogens with zero attached hydrogens (tertiary/aromatic N) is 2. The summed E-state index contributed by atoms with van der Waals surface area (Å²) in [6, 6.07) is 19.8. The van der Waals surface area contributed by atoms with Crippen LogP contribution in [0, 0.1) is 0 Å². The van der Waals surface area contributed by atoms with Gasteiger partial charge >= 0.3 is 0 Å². The third-order valence-corrected chi connectivity index (χ3v) is 5.27. The highest BCUT2D eigenvalue weighted by Gasteiger charge is 2.33. The molecule has 26 heavy (non-hydrogen) atoms. The Morgan fingerprint density at radius 1 is 1.04 bits per heavy atom. The summed E-state index contributed by atoms with van der Waals surface area (Å²) in [6.45, 7) is 0.625. The molecular formula is C21H16ClN3O. The van der Waals surface area contributed by atoms with E-state index in [2.05, 4.69) is 29.2 Å². The SMILES string of the molecule is O=C1C[C@@H](c2nc3cc4ccccc4cc3[nH]2)CN1c1ccc(Cl)cc1. The zero-order valence-corrected chi connectivity index (χ0v) is 14.7. The van der Waals surface area contributed by atoms with E-state index in [0.29, 0.717) is 18.0 Å². The fourth-order valence-electron chi connectivity index (χ4n) is 3.67. The lowest BCUT2D eigenvalue weighted by Gasteiger charge is -2.16. The number of fused-ring (bicyclic) bond motifs is 2. The quantitative estimate of drug-likeness (QED) is 0.552. The molecule has 0 unspecified atom stereocenters. The van der Waals surface area contributed by atoms with Crippen LogP contribution in [0.2, 0.25) is 5.02 Å². The molecular weight excluding hydrogens is 346 g/mol. The van der Waals surface area contributed by atoms with Crippen molar-refractivity contribution < 1.29 is 4.79 Å². The van der Waals surface area contributed by atoms with Crippen molar-refractivity contribution in [3.8, 4) is 0 Å². The van der Waals surface area contributed by atoms with Gasteiger partial charge in [0, 0.05) is 29.6 Å². The van der Waals surface area contributed by atoms with E-state index < -0.39 is 0 Å². The minimum absolute atomic E-state index is 0.0636. The maximum Gasteiger partial charge on any atom is 0.227 e. The molecule has 1 amide bonds. The summed E-state index contributed by atoms with van der Waals surface area (Å²) < 4.78 is 0. The van der Waals surface area contributed by atoms with Gasteiger partial charge in [-0.05, 0) is 47.2 Å². The molecule has 0 radical (unpaired) electrons. The van der Waals surface area contributed by atoms with Crippen LogP contribution >= 0.6 is 11.6 Å². The second kappa shape index (κ2) is 5.85. The lowest BCUT2D eigenvalue weighted by atomic mass is 10.1. The summed E-state index contributed by atoms with van der Waals surface area (Å²) in [5, 5.41) is 3.02. The molecule has 1 fully saturated rings. The van der Waals surface area contributed by atoms with Crippen LogP contribution in [0.4, 0.5) is 5.69 Å². The van der Waals surface area contributed by atoms with Gasteiger partial charge in [-0.25, -0.2) is 4.98 Å². The van der Waals surface area contributed by atoms with E-state index in [4.69, 9.17) is 16.6 Å². The summed E-state index contributed by atoms with van der Waals surface area (Å²) in [5.74, 6) is 1.05. The van der Waals surface area contributed by atoms with Crippen LogP contribution in [0.5, 0.6) is 0 Å². The molecule has 1 aromatic heterocycles. The molecule has 0 saturated carbocycles. The Morgan fingerprint density at radius 3 is 2.54 bits per heavy atom. The third-order valence-electron chi connectivity index (χ3n) is 5.02. The molecule has 1 N–H and O–H groups in total. The highest BCUT2D eigenvalue weighted by atomic mass is 35.5. The van der Waals surface area contributed by atoms with Gasteiger partial charge < -0.3 is 9.88 Å². The molecule has 5 heteroatoms. The van der Waals surface area contributed by atoms with Gasteiger partial charge in [-0.1, -0.05) is 35.9 Å². The second-order valence-electron chi connectivity index (χ2n) is 6.72. The Balaban J connectivity index is 1.49. The average molecular weight is 362 g/mol. The van der Waals surface area contributed by atoms with Crippen LogP contribution in [0.1, 0.15) is 18.2 Å². The van der Waals surface area contributed by atoms with Crippen molar-refractivity contribution in [2.45, 2.75) is 12.3 Å². The minimum Gasteiger partial charge on any atom is -0.342 e. The minimum atomic E-state index is 0.0636. The fraction of sp³-hybridized carbons (Fsp3) is 0.143. The first-order valence-corrected chi connectivity index (χ1v) is 8.99. The van der Waals surface area contributed by atoms with Crippen molar-refractivity contribution in [3.63, 3.8) is 0 Å². The van der Waals surface area contributed by atoms with Crippen LogP contribution in [-0.4, -0.2) is 22.4 Å². The highest BCUT2D eigenvalue weighted by molar-refractivity contribution is 6.30. The molecule has 3 aromatic carbocycles. The Kier molecular flexibility index (Phi) is 3.47. The maximum atomic E-state index is 12.5. The van der Waals surface area contributed by atoms with Gasteiger partial charge in [0.25, 0.3) is 0 Å². The Bertz CT molecular complexity index is 1080. The summed E-state index contributed by atoms with van der Waals surface area (Å²) in [5.41, 5.74) is 2.83. The molecule has 0 spiro atoms. The molecule has 1 aliphatic heterocycles. The Hall–Kier alpha value is -2.85. The lowest BCUT2D eigenvalue weighted by molar-refractivity contribution is -0.117. The van der Waals surface area contributed by atoms with Gasteiger partial charge in [0.05, 0.1) is 11.0 Å². The number of carbonyl (C=O) groups excluding carboxylic acids is 1. The van der Waals surface area contributed by atoms with E-state index in [-0.39, 0.29) is 11.8 Å².